The molecule has 0 aliphatic rings. The van der Waals surface area contributed by atoms with Gasteiger partial charge in [-0.2, -0.15) is 13.2 Å². The molecule has 0 aliphatic carbocycles. The second-order valence-electron chi connectivity index (χ2n) is 4.35. The number of sulfonamides is 1. The molecule has 0 aliphatic heterocycles. The first-order chi connectivity index (χ1) is 9.54. The molecule has 21 heavy (non-hydrogen) atoms. The topological polar surface area (TPSA) is 83.5 Å². The average Bonchev–Trinajstić information content (AvgIpc) is 2.33. The minimum Gasteiger partial charge on any atom is -0.478 e. The number of carboxylic acids is 1. The largest absolute Gasteiger partial charge is 0.478 e. The highest BCUT2D eigenvalue weighted by Gasteiger charge is 2.27. The van der Waals surface area contributed by atoms with Crippen LogP contribution < -0.4 is 4.72 Å². The molecule has 9 heteroatoms. The summed E-state index contributed by atoms with van der Waals surface area (Å²) in [4.78, 5) is 10.7. The summed E-state index contributed by atoms with van der Waals surface area (Å²) in [7, 11) is -4.05. The van der Waals surface area contributed by atoms with Crippen LogP contribution in [-0.2, 0) is 10.0 Å². The Labute approximate surface area is 119 Å². The summed E-state index contributed by atoms with van der Waals surface area (Å²) in [5.74, 6) is -1.28. The third kappa shape index (κ3) is 5.01. The van der Waals surface area contributed by atoms with Crippen LogP contribution in [0, 0.1) is 6.92 Å². The van der Waals surface area contributed by atoms with Crippen LogP contribution in [-0.4, -0.2) is 32.2 Å². The van der Waals surface area contributed by atoms with Crippen molar-refractivity contribution in [2.45, 2.75) is 30.8 Å². The van der Waals surface area contributed by atoms with Crippen molar-refractivity contribution < 1.29 is 31.5 Å². The van der Waals surface area contributed by atoms with Crippen molar-refractivity contribution in [1.82, 2.24) is 4.72 Å². The summed E-state index contributed by atoms with van der Waals surface area (Å²) < 4.78 is 61.9. The number of carbonyl (C=O) groups is 1. The van der Waals surface area contributed by atoms with Gasteiger partial charge in [-0.05, 0) is 31.0 Å². The maximum atomic E-state index is 12.0. The molecule has 1 aromatic carbocycles. The molecule has 1 rings (SSSR count). The first-order valence-electron chi connectivity index (χ1n) is 5.94. The fraction of sp³-hybridized carbons (Fsp3) is 0.417. The van der Waals surface area contributed by atoms with Gasteiger partial charge in [0.25, 0.3) is 0 Å². The summed E-state index contributed by atoms with van der Waals surface area (Å²) in [6, 6.07) is 3.72. The summed E-state index contributed by atoms with van der Waals surface area (Å²) in [6.07, 6.45) is -5.82. The molecule has 5 nitrogen and oxygen atoms in total. The van der Waals surface area contributed by atoms with Gasteiger partial charge in [-0.1, -0.05) is 6.07 Å². The summed E-state index contributed by atoms with van der Waals surface area (Å²) >= 11 is 0. The van der Waals surface area contributed by atoms with Crippen LogP contribution in [0.2, 0.25) is 0 Å². The highest BCUT2D eigenvalue weighted by molar-refractivity contribution is 7.89. The molecular weight excluding hydrogens is 311 g/mol. The Morgan fingerprint density at radius 2 is 1.95 bits per heavy atom. The van der Waals surface area contributed by atoms with Gasteiger partial charge in [0.1, 0.15) is 0 Å². The highest BCUT2D eigenvalue weighted by atomic mass is 32.2. The van der Waals surface area contributed by atoms with Gasteiger partial charge in [0, 0.05) is 13.0 Å². The van der Waals surface area contributed by atoms with Crippen LogP contribution in [0.3, 0.4) is 0 Å². The lowest BCUT2D eigenvalue weighted by Gasteiger charge is -2.11. The monoisotopic (exact) mass is 325 g/mol. The summed E-state index contributed by atoms with van der Waals surface area (Å²) in [5, 5.41) is 8.92. The normalized spacial score (nSPS) is 12.4. The van der Waals surface area contributed by atoms with Gasteiger partial charge in [0.05, 0.1) is 10.5 Å². The minimum absolute atomic E-state index is 0.0355. The lowest BCUT2D eigenvalue weighted by Crippen LogP contribution is -2.27. The number of aromatic carboxylic acids is 1. The molecule has 0 aromatic heterocycles. The lowest BCUT2D eigenvalue weighted by atomic mass is 10.1. The van der Waals surface area contributed by atoms with Crippen LogP contribution >= 0.6 is 0 Å². The quantitative estimate of drug-likeness (QED) is 0.786. The predicted molar refractivity (Wildman–Crippen MR) is 68.6 cm³/mol. The Morgan fingerprint density at radius 3 is 2.48 bits per heavy atom. The molecule has 118 valence electrons. The van der Waals surface area contributed by atoms with Crippen molar-refractivity contribution >= 4 is 16.0 Å². The second-order valence-corrected chi connectivity index (χ2v) is 6.09. The van der Waals surface area contributed by atoms with Crippen molar-refractivity contribution in [2.24, 2.45) is 0 Å². The fourth-order valence-electron chi connectivity index (χ4n) is 1.71. The molecule has 0 heterocycles. The zero-order valence-electron chi connectivity index (χ0n) is 11.1. The standard InChI is InChI=1S/C12H14F3NO4S/c1-8-9(11(17)18)4-2-5-10(8)21(19,20)16-7-3-6-12(13,14)15/h2,4-5,16H,3,6-7H2,1H3,(H,17,18). The molecule has 1 aromatic rings. The van der Waals surface area contributed by atoms with Crippen LogP contribution in [0.25, 0.3) is 0 Å². The van der Waals surface area contributed by atoms with Crippen molar-refractivity contribution in [1.29, 1.82) is 0 Å². The van der Waals surface area contributed by atoms with Crippen LogP contribution in [0.5, 0.6) is 0 Å². The first kappa shape index (κ1) is 17.4. The minimum atomic E-state index is -4.34. The number of alkyl halides is 3. The van der Waals surface area contributed by atoms with Crippen molar-refractivity contribution in [3.63, 3.8) is 0 Å². The molecule has 0 unspecified atom stereocenters. The Kier molecular flexibility index (Phi) is 5.35. The van der Waals surface area contributed by atoms with Crippen molar-refractivity contribution in [3.8, 4) is 0 Å². The van der Waals surface area contributed by atoms with Gasteiger partial charge in [0.15, 0.2) is 0 Å². The fourth-order valence-corrected chi connectivity index (χ4v) is 3.05. The van der Waals surface area contributed by atoms with Gasteiger partial charge < -0.3 is 5.11 Å². The summed E-state index contributed by atoms with van der Waals surface area (Å²) in [5.41, 5.74) is -0.138. The average molecular weight is 325 g/mol. The zero-order valence-corrected chi connectivity index (χ0v) is 11.9. The number of rotatable bonds is 6. The van der Waals surface area contributed by atoms with Crippen LogP contribution in [0.1, 0.15) is 28.8 Å². The van der Waals surface area contributed by atoms with E-state index < -0.39 is 28.6 Å². The van der Waals surface area contributed by atoms with Gasteiger partial charge in [-0.25, -0.2) is 17.9 Å². The van der Waals surface area contributed by atoms with E-state index in [0.29, 0.717) is 0 Å². The van der Waals surface area contributed by atoms with Gasteiger partial charge in [-0.15, -0.1) is 0 Å². The maximum absolute atomic E-state index is 12.0. The number of carboxylic acid groups (broad SMARTS) is 1. The number of halogens is 3. The molecular formula is C12H14F3NO4S. The number of hydrogen-bond donors (Lipinski definition) is 2. The molecule has 0 bridgehead atoms. The third-order valence-corrected chi connectivity index (χ3v) is 4.34. The van der Waals surface area contributed by atoms with E-state index in [2.05, 4.69) is 0 Å². The summed E-state index contributed by atoms with van der Waals surface area (Å²) in [6.45, 7) is 0.951. The van der Waals surface area contributed by atoms with Gasteiger partial charge in [-0.3, -0.25) is 0 Å². The molecule has 0 atom stereocenters. The van der Waals surface area contributed by atoms with E-state index in [1.807, 2.05) is 4.72 Å². The van der Waals surface area contributed by atoms with E-state index in [0.717, 1.165) is 0 Å². The number of benzene rings is 1. The Hall–Kier alpha value is -1.61. The first-order valence-corrected chi connectivity index (χ1v) is 7.42. The molecule has 2 N–H and O–H groups in total. The van der Waals surface area contributed by atoms with E-state index in [1.165, 1.54) is 25.1 Å². The van der Waals surface area contributed by atoms with Crippen molar-refractivity contribution in [3.05, 3.63) is 29.3 Å². The third-order valence-electron chi connectivity index (χ3n) is 2.73. The van der Waals surface area contributed by atoms with E-state index in [-0.39, 0.29) is 29.0 Å². The van der Waals surface area contributed by atoms with Gasteiger partial charge >= 0.3 is 12.1 Å². The lowest BCUT2D eigenvalue weighted by molar-refractivity contribution is -0.135. The predicted octanol–water partition coefficient (Wildman–Crippen LogP) is 2.31. The number of nitrogens with one attached hydrogen (secondary N) is 1. The highest BCUT2D eigenvalue weighted by Crippen LogP contribution is 2.22. The number of hydrogen-bond acceptors (Lipinski definition) is 3. The maximum Gasteiger partial charge on any atom is 0.389 e. The Bertz CT molecular complexity index is 626. The van der Waals surface area contributed by atoms with E-state index in [4.69, 9.17) is 5.11 Å². The molecule has 0 fully saturated rings. The Morgan fingerprint density at radius 1 is 1.33 bits per heavy atom. The van der Waals surface area contributed by atoms with E-state index in [9.17, 15) is 26.4 Å². The smallest absolute Gasteiger partial charge is 0.389 e. The Balaban J connectivity index is 2.84. The zero-order chi connectivity index (χ0) is 16.3. The van der Waals surface area contributed by atoms with Crippen molar-refractivity contribution in [2.75, 3.05) is 6.54 Å². The van der Waals surface area contributed by atoms with E-state index >= 15 is 0 Å². The van der Waals surface area contributed by atoms with Crippen LogP contribution in [0.15, 0.2) is 23.1 Å². The van der Waals surface area contributed by atoms with Gasteiger partial charge in [0.2, 0.25) is 10.0 Å². The second kappa shape index (κ2) is 6.44. The molecule has 0 amide bonds. The van der Waals surface area contributed by atoms with E-state index in [1.54, 1.807) is 0 Å². The van der Waals surface area contributed by atoms with Crippen LogP contribution in [0.4, 0.5) is 13.2 Å². The molecule has 0 saturated carbocycles. The SMILES string of the molecule is Cc1c(C(=O)O)cccc1S(=O)(=O)NCCCC(F)(F)F. The molecule has 0 spiro atoms. The molecule has 0 saturated heterocycles. The molecule has 0 radical (unpaired) electrons.